The van der Waals surface area contributed by atoms with Crippen LogP contribution in [0.1, 0.15) is 0 Å². The van der Waals surface area contributed by atoms with E-state index in [0.29, 0.717) is 5.52 Å². The second kappa shape index (κ2) is 4.90. The van der Waals surface area contributed by atoms with Crippen LogP contribution in [0.25, 0.3) is 10.9 Å². The van der Waals surface area contributed by atoms with Crippen molar-refractivity contribution in [2.45, 2.75) is 0 Å². The molecule has 18 heavy (non-hydrogen) atoms. The molecule has 2 aromatic rings. The Balaban J connectivity index is 2.16. The summed E-state index contributed by atoms with van der Waals surface area (Å²) in [6.07, 6.45) is 0. The minimum Gasteiger partial charge on any atom is -0.354 e. The molecule has 6 heteroatoms. The lowest BCUT2D eigenvalue weighted by Gasteiger charge is -2.28. The van der Waals surface area contributed by atoms with Gasteiger partial charge in [-0.1, -0.05) is 0 Å². The van der Waals surface area contributed by atoms with Crippen molar-refractivity contribution in [1.29, 1.82) is 0 Å². The van der Waals surface area contributed by atoms with Gasteiger partial charge in [0.1, 0.15) is 11.6 Å². The predicted molar refractivity (Wildman–Crippen MR) is 74.0 cm³/mol. The first kappa shape index (κ1) is 12.0. The highest BCUT2D eigenvalue weighted by Gasteiger charge is 2.17. The first-order valence-corrected chi connectivity index (χ1v) is 7.23. The largest absolute Gasteiger partial charge is 0.354 e. The fourth-order valence-corrected chi connectivity index (χ4v) is 3.15. The van der Waals surface area contributed by atoms with Crippen LogP contribution in [0.3, 0.4) is 0 Å². The SMILES string of the molecule is Fc1ccc2nc(Cl)nc(N3CCSCC3)c2c1. The Morgan fingerprint density at radius 2 is 2.00 bits per heavy atom. The first-order chi connectivity index (χ1) is 8.74. The fourth-order valence-electron chi connectivity index (χ4n) is 2.07. The zero-order valence-corrected chi connectivity index (χ0v) is 11.1. The van der Waals surface area contributed by atoms with E-state index in [0.717, 1.165) is 35.8 Å². The van der Waals surface area contributed by atoms with E-state index in [4.69, 9.17) is 11.6 Å². The topological polar surface area (TPSA) is 29.0 Å². The first-order valence-electron chi connectivity index (χ1n) is 5.69. The number of fused-ring (bicyclic) bond motifs is 1. The average molecular weight is 284 g/mol. The van der Waals surface area contributed by atoms with Crippen molar-refractivity contribution in [3.8, 4) is 0 Å². The molecule has 94 valence electrons. The number of benzene rings is 1. The van der Waals surface area contributed by atoms with E-state index in [1.165, 1.54) is 12.1 Å². The molecule has 0 unspecified atom stereocenters. The van der Waals surface area contributed by atoms with Crippen molar-refractivity contribution in [3.05, 3.63) is 29.3 Å². The standard InChI is InChI=1S/C12H11ClFN3S/c13-12-15-10-2-1-8(14)7-9(10)11(16-12)17-3-5-18-6-4-17/h1-2,7H,3-6H2. The molecule has 3 nitrogen and oxygen atoms in total. The maximum atomic E-state index is 13.4. The molecular formula is C12H11ClFN3S. The van der Waals surface area contributed by atoms with Gasteiger partial charge in [0.2, 0.25) is 5.28 Å². The zero-order valence-electron chi connectivity index (χ0n) is 9.57. The maximum Gasteiger partial charge on any atom is 0.224 e. The highest BCUT2D eigenvalue weighted by Crippen LogP contribution is 2.27. The molecule has 0 amide bonds. The Morgan fingerprint density at radius 1 is 1.22 bits per heavy atom. The minimum absolute atomic E-state index is 0.210. The van der Waals surface area contributed by atoms with Crippen molar-refractivity contribution < 1.29 is 4.39 Å². The van der Waals surface area contributed by atoms with Crippen LogP contribution in [-0.2, 0) is 0 Å². The van der Waals surface area contributed by atoms with Crippen molar-refractivity contribution >= 4 is 40.1 Å². The molecule has 0 atom stereocenters. The van der Waals surface area contributed by atoms with Crippen molar-refractivity contribution in [2.24, 2.45) is 0 Å². The van der Waals surface area contributed by atoms with Crippen LogP contribution in [0.15, 0.2) is 18.2 Å². The van der Waals surface area contributed by atoms with Crippen molar-refractivity contribution in [3.63, 3.8) is 0 Å². The Labute approximate surface area is 113 Å². The van der Waals surface area contributed by atoms with Gasteiger partial charge < -0.3 is 4.90 Å². The van der Waals surface area contributed by atoms with E-state index < -0.39 is 0 Å². The minimum atomic E-state index is -0.277. The monoisotopic (exact) mass is 283 g/mol. The molecule has 1 aliphatic heterocycles. The normalized spacial score (nSPS) is 16.2. The second-order valence-corrected chi connectivity index (χ2v) is 5.64. The zero-order chi connectivity index (χ0) is 12.5. The van der Waals surface area contributed by atoms with Gasteiger partial charge in [-0.2, -0.15) is 16.7 Å². The van der Waals surface area contributed by atoms with E-state index >= 15 is 0 Å². The highest BCUT2D eigenvalue weighted by molar-refractivity contribution is 7.99. The van der Waals surface area contributed by atoms with Crippen molar-refractivity contribution in [1.82, 2.24) is 9.97 Å². The summed E-state index contributed by atoms with van der Waals surface area (Å²) in [7, 11) is 0. The third-order valence-corrected chi connectivity index (χ3v) is 4.03. The Hall–Kier alpha value is -1.07. The molecule has 1 fully saturated rings. The lowest BCUT2D eigenvalue weighted by molar-refractivity contribution is 0.629. The van der Waals surface area contributed by atoms with Crippen LogP contribution in [0.4, 0.5) is 10.2 Å². The summed E-state index contributed by atoms with van der Waals surface area (Å²) in [4.78, 5) is 10.5. The van der Waals surface area contributed by atoms with E-state index in [-0.39, 0.29) is 11.1 Å². The predicted octanol–water partition coefficient (Wildman–Crippen LogP) is 2.98. The summed E-state index contributed by atoms with van der Waals surface area (Å²) in [5.74, 6) is 2.57. The van der Waals surface area contributed by atoms with Crippen LogP contribution >= 0.6 is 23.4 Å². The van der Waals surface area contributed by atoms with E-state index in [1.807, 2.05) is 11.8 Å². The van der Waals surface area contributed by atoms with Gasteiger partial charge in [0.25, 0.3) is 0 Å². The molecule has 0 aliphatic carbocycles. The summed E-state index contributed by atoms with van der Waals surface area (Å²) in [5, 5.41) is 0.939. The summed E-state index contributed by atoms with van der Waals surface area (Å²) in [5.41, 5.74) is 0.685. The van der Waals surface area contributed by atoms with Gasteiger partial charge in [0.15, 0.2) is 0 Å². The third kappa shape index (κ3) is 2.24. The van der Waals surface area contributed by atoms with Crippen LogP contribution in [0.5, 0.6) is 0 Å². The van der Waals surface area contributed by atoms with Crippen LogP contribution < -0.4 is 4.90 Å². The van der Waals surface area contributed by atoms with Gasteiger partial charge in [0.05, 0.1) is 5.52 Å². The second-order valence-electron chi connectivity index (χ2n) is 4.08. The van der Waals surface area contributed by atoms with Gasteiger partial charge >= 0.3 is 0 Å². The summed E-state index contributed by atoms with van der Waals surface area (Å²) >= 11 is 7.85. The summed E-state index contributed by atoms with van der Waals surface area (Å²) < 4.78 is 13.4. The van der Waals surface area contributed by atoms with Gasteiger partial charge in [-0.3, -0.25) is 0 Å². The lowest BCUT2D eigenvalue weighted by atomic mass is 10.2. The average Bonchev–Trinajstić information content (AvgIpc) is 2.39. The van der Waals surface area contributed by atoms with Crippen LogP contribution in [0, 0.1) is 5.82 Å². The summed E-state index contributed by atoms with van der Waals surface area (Å²) in [6.45, 7) is 1.81. The number of halogens is 2. The molecule has 0 saturated carbocycles. The van der Waals surface area contributed by atoms with E-state index in [9.17, 15) is 4.39 Å². The Morgan fingerprint density at radius 3 is 2.78 bits per heavy atom. The van der Waals surface area contributed by atoms with E-state index in [1.54, 1.807) is 6.07 Å². The number of aromatic nitrogens is 2. The number of hydrogen-bond donors (Lipinski definition) is 0. The molecule has 2 heterocycles. The highest BCUT2D eigenvalue weighted by atomic mass is 35.5. The Kier molecular flexibility index (Phi) is 3.26. The van der Waals surface area contributed by atoms with Gasteiger partial charge in [-0.15, -0.1) is 0 Å². The van der Waals surface area contributed by atoms with Crippen molar-refractivity contribution in [2.75, 3.05) is 29.5 Å². The quantitative estimate of drug-likeness (QED) is 0.753. The van der Waals surface area contributed by atoms with Gasteiger partial charge in [-0.25, -0.2) is 9.37 Å². The molecule has 1 aromatic heterocycles. The van der Waals surface area contributed by atoms with Crippen LogP contribution in [0.2, 0.25) is 5.28 Å². The molecule has 0 radical (unpaired) electrons. The molecule has 0 N–H and O–H groups in total. The smallest absolute Gasteiger partial charge is 0.224 e. The molecule has 1 saturated heterocycles. The molecule has 1 aromatic carbocycles. The molecule has 3 rings (SSSR count). The Bertz CT molecular complexity index is 587. The molecule has 0 bridgehead atoms. The summed E-state index contributed by atoms with van der Waals surface area (Å²) in [6, 6.07) is 4.50. The molecular weight excluding hydrogens is 273 g/mol. The number of rotatable bonds is 1. The van der Waals surface area contributed by atoms with Gasteiger partial charge in [-0.05, 0) is 29.8 Å². The fraction of sp³-hybridized carbons (Fsp3) is 0.333. The number of hydrogen-bond acceptors (Lipinski definition) is 4. The third-order valence-electron chi connectivity index (χ3n) is 2.92. The molecule has 0 spiro atoms. The van der Waals surface area contributed by atoms with Gasteiger partial charge in [0, 0.05) is 30.0 Å². The number of thioether (sulfide) groups is 1. The lowest BCUT2D eigenvalue weighted by Crippen LogP contribution is -2.33. The van der Waals surface area contributed by atoms with E-state index in [2.05, 4.69) is 14.9 Å². The van der Waals surface area contributed by atoms with Crippen LogP contribution in [-0.4, -0.2) is 34.6 Å². The maximum absolute atomic E-state index is 13.4. The number of anilines is 1. The molecule has 1 aliphatic rings. The number of nitrogens with zero attached hydrogens (tertiary/aromatic N) is 3.